The summed E-state index contributed by atoms with van der Waals surface area (Å²) in [5.74, 6) is 3.10. The average Bonchev–Trinajstić information content (AvgIpc) is 2.69. The SMILES string of the molecule is CCN(CC)S(=O)(=O)c1ccc(CNC(=O)NC2C3CC4CC(C3)CC2C4)cc1. The van der Waals surface area contributed by atoms with Gasteiger partial charge >= 0.3 is 6.03 Å². The van der Waals surface area contributed by atoms with E-state index < -0.39 is 10.0 Å². The van der Waals surface area contributed by atoms with Gasteiger partial charge in [-0.2, -0.15) is 4.31 Å². The molecule has 1 aromatic rings. The van der Waals surface area contributed by atoms with Crippen molar-refractivity contribution in [2.45, 2.75) is 63.4 Å². The predicted octanol–water partition coefficient (Wildman–Crippen LogP) is 3.34. The molecule has 5 rings (SSSR count). The zero-order chi connectivity index (χ0) is 20.6. The molecule has 0 aromatic heterocycles. The maximum absolute atomic E-state index is 12.6. The Labute approximate surface area is 174 Å². The Kier molecular flexibility index (Phi) is 5.89. The Morgan fingerprint density at radius 1 is 0.966 bits per heavy atom. The lowest BCUT2D eigenvalue weighted by atomic mass is 9.54. The number of nitrogens with zero attached hydrogens (tertiary/aromatic N) is 1. The number of hydrogen-bond donors (Lipinski definition) is 2. The number of nitrogens with one attached hydrogen (secondary N) is 2. The van der Waals surface area contributed by atoms with E-state index >= 15 is 0 Å². The maximum atomic E-state index is 12.6. The third-order valence-electron chi connectivity index (χ3n) is 7.24. The first kappa shape index (κ1) is 20.7. The van der Waals surface area contributed by atoms with Crippen LogP contribution in [-0.2, 0) is 16.6 Å². The van der Waals surface area contributed by atoms with Gasteiger partial charge in [-0.25, -0.2) is 13.2 Å². The van der Waals surface area contributed by atoms with Crippen molar-refractivity contribution in [3.05, 3.63) is 29.8 Å². The van der Waals surface area contributed by atoms with Crippen molar-refractivity contribution in [1.29, 1.82) is 0 Å². The van der Waals surface area contributed by atoms with Crippen LogP contribution >= 0.6 is 0 Å². The summed E-state index contributed by atoms with van der Waals surface area (Å²) in [5, 5.41) is 6.20. The van der Waals surface area contributed by atoms with Gasteiger partial charge in [-0.3, -0.25) is 0 Å². The molecule has 1 aromatic carbocycles. The fourth-order valence-corrected chi connectivity index (χ4v) is 7.50. The van der Waals surface area contributed by atoms with Crippen LogP contribution in [0, 0.1) is 23.7 Å². The summed E-state index contributed by atoms with van der Waals surface area (Å²) in [6.45, 7) is 4.97. The van der Waals surface area contributed by atoms with Crippen molar-refractivity contribution in [2.24, 2.45) is 23.7 Å². The van der Waals surface area contributed by atoms with Crippen molar-refractivity contribution in [3.8, 4) is 0 Å². The lowest BCUT2D eigenvalue weighted by Crippen LogP contribution is -2.57. The summed E-state index contributed by atoms with van der Waals surface area (Å²) >= 11 is 0. The lowest BCUT2D eigenvalue weighted by Gasteiger charge is -2.54. The minimum Gasteiger partial charge on any atom is -0.335 e. The zero-order valence-corrected chi connectivity index (χ0v) is 18.2. The van der Waals surface area contributed by atoms with Crippen molar-refractivity contribution < 1.29 is 13.2 Å². The van der Waals surface area contributed by atoms with Crippen LogP contribution in [0.5, 0.6) is 0 Å². The number of carbonyl (C=O) groups excluding carboxylic acids is 1. The summed E-state index contributed by atoms with van der Waals surface area (Å²) in [6.07, 6.45) is 6.52. The number of benzene rings is 1. The van der Waals surface area contributed by atoms with Gasteiger partial charge in [0.15, 0.2) is 0 Å². The molecule has 4 aliphatic carbocycles. The normalized spacial score (nSPS) is 30.5. The zero-order valence-electron chi connectivity index (χ0n) is 17.4. The number of hydrogen-bond acceptors (Lipinski definition) is 3. The van der Waals surface area contributed by atoms with Crippen molar-refractivity contribution >= 4 is 16.1 Å². The molecule has 160 valence electrons. The second-order valence-corrected chi connectivity index (χ2v) is 11.0. The topological polar surface area (TPSA) is 78.5 Å². The summed E-state index contributed by atoms with van der Waals surface area (Å²) in [6, 6.07) is 7.02. The first-order valence-corrected chi connectivity index (χ1v) is 12.5. The minimum atomic E-state index is -3.44. The highest BCUT2D eigenvalue weighted by atomic mass is 32.2. The molecule has 2 N–H and O–H groups in total. The molecule has 4 bridgehead atoms. The lowest BCUT2D eigenvalue weighted by molar-refractivity contribution is -0.00942. The van der Waals surface area contributed by atoms with E-state index in [-0.39, 0.29) is 6.03 Å². The summed E-state index contributed by atoms with van der Waals surface area (Å²) in [4.78, 5) is 12.8. The van der Waals surface area contributed by atoms with E-state index in [1.165, 1.54) is 36.4 Å². The molecule has 4 fully saturated rings. The Morgan fingerprint density at radius 3 is 2.03 bits per heavy atom. The molecule has 0 heterocycles. The van der Waals surface area contributed by atoms with Gasteiger partial charge in [0.25, 0.3) is 0 Å². The molecular formula is C22H33N3O3S. The van der Waals surface area contributed by atoms with E-state index in [9.17, 15) is 13.2 Å². The number of carbonyl (C=O) groups is 1. The van der Waals surface area contributed by atoms with Crippen molar-refractivity contribution in [2.75, 3.05) is 13.1 Å². The van der Waals surface area contributed by atoms with Gasteiger partial charge in [-0.1, -0.05) is 26.0 Å². The highest BCUT2D eigenvalue weighted by Gasteiger charge is 2.48. The second-order valence-electron chi connectivity index (χ2n) is 9.02. The fraction of sp³-hybridized carbons (Fsp3) is 0.682. The van der Waals surface area contributed by atoms with Crippen LogP contribution in [-0.4, -0.2) is 37.9 Å². The largest absolute Gasteiger partial charge is 0.335 e. The highest BCUT2D eigenvalue weighted by molar-refractivity contribution is 7.89. The highest BCUT2D eigenvalue weighted by Crippen LogP contribution is 2.53. The Bertz CT molecular complexity index is 805. The molecule has 2 amide bonds. The quantitative estimate of drug-likeness (QED) is 0.711. The molecule has 4 saturated carbocycles. The third kappa shape index (κ3) is 4.17. The van der Waals surface area contributed by atoms with Gasteiger partial charge in [0.05, 0.1) is 4.90 Å². The van der Waals surface area contributed by atoms with E-state index in [2.05, 4.69) is 10.6 Å². The summed E-state index contributed by atoms with van der Waals surface area (Å²) < 4.78 is 26.6. The minimum absolute atomic E-state index is 0.109. The van der Waals surface area contributed by atoms with E-state index in [0.717, 1.165) is 17.4 Å². The molecule has 0 unspecified atom stereocenters. The summed E-state index contributed by atoms with van der Waals surface area (Å²) in [7, 11) is -3.44. The number of rotatable bonds is 7. The van der Waals surface area contributed by atoms with E-state index in [4.69, 9.17) is 0 Å². The van der Waals surface area contributed by atoms with Gasteiger partial charge in [0.1, 0.15) is 0 Å². The first-order chi connectivity index (χ1) is 13.9. The monoisotopic (exact) mass is 419 g/mol. The van der Waals surface area contributed by atoms with E-state index in [1.54, 1.807) is 24.3 Å². The van der Waals surface area contributed by atoms with Crippen LogP contribution in [0.15, 0.2) is 29.2 Å². The molecule has 6 nitrogen and oxygen atoms in total. The standard InChI is InChI=1S/C22H33N3O3S/c1-3-25(4-2)29(27,28)20-7-5-15(6-8-20)14-23-22(26)24-21-18-10-16-9-17(12-18)13-19(21)11-16/h5-8,16-19,21H,3-4,9-14H2,1-2H3,(H2,23,24,26). The molecule has 4 aliphatic rings. The predicted molar refractivity (Wildman–Crippen MR) is 113 cm³/mol. The molecule has 0 aliphatic heterocycles. The Balaban J connectivity index is 1.31. The third-order valence-corrected chi connectivity index (χ3v) is 9.31. The van der Waals surface area contributed by atoms with Gasteiger partial charge in [-0.05, 0) is 73.5 Å². The Morgan fingerprint density at radius 2 is 1.52 bits per heavy atom. The molecule has 29 heavy (non-hydrogen) atoms. The smallest absolute Gasteiger partial charge is 0.315 e. The van der Waals surface area contributed by atoms with Gasteiger partial charge in [-0.15, -0.1) is 0 Å². The van der Waals surface area contributed by atoms with Gasteiger partial charge in [0, 0.05) is 25.7 Å². The van der Waals surface area contributed by atoms with Crippen molar-refractivity contribution in [3.63, 3.8) is 0 Å². The Hall–Kier alpha value is -1.60. The van der Waals surface area contributed by atoms with Crippen LogP contribution in [0.1, 0.15) is 51.5 Å². The van der Waals surface area contributed by atoms with Crippen LogP contribution in [0.25, 0.3) is 0 Å². The van der Waals surface area contributed by atoms with Crippen molar-refractivity contribution in [1.82, 2.24) is 14.9 Å². The van der Waals surface area contributed by atoms with Crippen LogP contribution in [0.2, 0.25) is 0 Å². The molecular weight excluding hydrogens is 386 g/mol. The average molecular weight is 420 g/mol. The molecule has 7 heteroatoms. The van der Waals surface area contributed by atoms with E-state index in [0.29, 0.717) is 42.4 Å². The van der Waals surface area contributed by atoms with Crippen LogP contribution in [0.3, 0.4) is 0 Å². The molecule has 0 saturated heterocycles. The maximum Gasteiger partial charge on any atom is 0.315 e. The number of sulfonamides is 1. The van der Waals surface area contributed by atoms with E-state index in [1.807, 2.05) is 13.8 Å². The molecule has 0 spiro atoms. The van der Waals surface area contributed by atoms with Gasteiger partial charge in [0.2, 0.25) is 10.0 Å². The first-order valence-electron chi connectivity index (χ1n) is 11.0. The number of amides is 2. The van der Waals surface area contributed by atoms with Crippen LogP contribution in [0.4, 0.5) is 4.79 Å². The second kappa shape index (κ2) is 8.26. The fourth-order valence-electron chi connectivity index (χ4n) is 6.04. The van der Waals surface area contributed by atoms with Crippen LogP contribution < -0.4 is 10.6 Å². The van der Waals surface area contributed by atoms with Gasteiger partial charge < -0.3 is 10.6 Å². The summed E-state index contributed by atoms with van der Waals surface area (Å²) in [5.41, 5.74) is 0.892. The molecule has 0 radical (unpaired) electrons. The number of urea groups is 1. The molecule has 0 atom stereocenters.